The van der Waals surface area contributed by atoms with Crippen LogP contribution in [0.3, 0.4) is 0 Å². The Balaban J connectivity index is 1.56. The maximum absolute atomic E-state index is 13.5. The van der Waals surface area contributed by atoms with Crippen LogP contribution in [-0.2, 0) is 0 Å². The van der Waals surface area contributed by atoms with Gasteiger partial charge >= 0.3 is 0 Å². The molecule has 7 heteroatoms. The fourth-order valence-corrected chi connectivity index (χ4v) is 4.60. The lowest BCUT2D eigenvalue weighted by atomic mass is 9.88. The molecule has 5 rings (SSSR count). The van der Waals surface area contributed by atoms with E-state index in [1.54, 1.807) is 30.3 Å². The van der Waals surface area contributed by atoms with Crippen molar-refractivity contribution in [3.8, 4) is 11.3 Å². The Hall–Kier alpha value is -3.06. The maximum Gasteiger partial charge on any atom is 0.282 e. The molecule has 0 bridgehead atoms. The molecule has 0 N–H and O–H groups in total. The molecule has 1 aliphatic rings. The van der Waals surface area contributed by atoms with E-state index in [-0.39, 0.29) is 17.3 Å². The van der Waals surface area contributed by atoms with Crippen molar-refractivity contribution in [3.63, 3.8) is 0 Å². The van der Waals surface area contributed by atoms with Crippen LogP contribution in [0.5, 0.6) is 0 Å². The quantitative estimate of drug-likeness (QED) is 0.305. The largest absolute Gasteiger partial charge is 0.455 e. The average molecular weight is 494 g/mol. The molecule has 0 radical (unpaired) electrons. The zero-order valence-electron chi connectivity index (χ0n) is 17.3. The van der Waals surface area contributed by atoms with E-state index in [9.17, 15) is 9.18 Å². The summed E-state index contributed by atoms with van der Waals surface area (Å²) in [5.74, 6) is 1.57. The number of halogens is 2. The normalized spacial score (nSPS) is 15.1. The number of benzene rings is 2. The Morgan fingerprint density at radius 2 is 1.94 bits per heavy atom. The van der Waals surface area contributed by atoms with Gasteiger partial charge < -0.3 is 4.42 Å². The summed E-state index contributed by atoms with van der Waals surface area (Å²) in [5, 5.41) is 5.00. The van der Waals surface area contributed by atoms with Crippen molar-refractivity contribution in [2.75, 3.05) is 0 Å². The van der Waals surface area contributed by atoms with Crippen molar-refractivity contribution < 1.29 is 8.81 Å². The number of nitrogens with zero attached hydrogens (tertiary/aromatic N) is 3. The topological polar surface area (TPSA) is 60.4 Å². The van der Waals surface area contributed by atoms with Gasteiger partial charge in [-0.1, -0.05) is 47.3 Å². The molecular formula is C25H21BrFN3O2. The van der Waals surface area contributed by atoms with Gasteiger partial charge in [0.2, 0.25) is 0 Å². The Bertz CT molecular complexity index is 1370. The van der Waals surface area contributed by atoms with Crippen molar-refractivity contribution in [3.05, 3.63) is 86.8 Å². The van der Waals surface area contributed by atoms with Gasteiger partial charge in [0.1, 0.15) is 23.2 Å². The fraction of sp³-hybridized carbons (Fsp3) is 0.240. The summed E-state index contributed by atoms with van der Waals surface area (Å²) in [4.78, 5) is 18.2. The number of aromatic nitrogens is 2. The van der Waals surface area contributed by atoms with Crippen LogP contribution in [0, 0.1) is 5.82 Å². The molecule has 0 atom stereocenters. The van der Waals surface area contributed by atoms with Crippen molar-refractivity contribution in [2.24, 2.45) is 5.10 Å². The van der Waals surface area contributed by atoms with E-state index in [2.05, 4.69) is 21.0 Å². The Morgan fingerprint density at radius 1 is 1.09 bits per heavy atom. The lowest BCUT2D eigenvalue weighted by molar-refractivity contribution is 0.416. The van der Waals surface area contributed by atoms with Crippen molar-refractivity contribution in [1.29, 1.82) is 0 Å². The molecule has 0 spiro atoms. The van der Waals surface area contributed by atoms with Gasteiger partial charge in [0, 0.05) is 16.0 Å². The van der Waals surface area contributed by atoms with E-state index in [1.165, 1.54) is 29.4 Å². The van der Waals surface area contributed by atoms with Gasteiger partial charge in [-0.2, -0.15) is 9.78 Å². The van der Waals surface area contributed by atoms with Gasteiger partial charge in [-0.05, 0) is 55.3 Å². The molecule has 5 nitrogen and oxygen atoms in total. The van der Waals surface area contributed by atoms with Crippen LogP contribution in [-0.4, -0.2) is 15.9 Å². The molecule has 1 fully saturated rings. The number of rotatable bonds is 4. The highest BCUT2D eigenvalue weighted by atomic mass is 79.9. The predicted molar refractivity (Wildman–Crippen MR) is 127 cm³/mol. The second-order valence-corrected chi connectivity index (χ2v) is 8.96. The van der Waals surface area contributed by atoms with Crippen LogP contribution in [0.15, 0.2) is 73.4 Å². The van der Waals surface area contributed by atoms with E-state index in [0.717, 1.165) is 30.2 Å². The summed E-state index contributed by atoms with van der Waals surface area (Å²) in [6, 6.07) is 15.3. The highest BCUT2D eigenvalue weighted by Gasteiger charge is 2.22. The van der Waals surface area contributed by atoms with Crippen LogP contribution >= 0.6 is 15.9 Å². The first kappa shape index (κ1) is 20.8. The number of fused-ring (bicyclic) bond motifs is 1. The predicted octanol–water partition coefficient (Wildman–Crippen LogP) is 6.49. The summed E-state index contributed by atoms with van der Waals surface area (Å²) in [5.41, 5.74) is 1.11. The summed E-state index contributed by atoms with van der Waals surface area (Å²) < 4.78 is 21.6. The highest BCUT2D eigenvalue weighted by Crippen LogP contribution is 2.32. The smallest absolute Gasteiger partial charge is 0.282 e. The summed E-state index contributed by atoms with van der Waals surface area (Å²) in [7, 11) is 0. The molecule has 2 aromatic carbocycles. The molecule has 1 saturated carbocycles. The van der Waals surface area contributed by atoms with Crippen molar-refractivity contribution >= 4 is 33.0 Å². The minimum absolute atomic E-state index is 0.195. The van der Waals surface area contributed by atoms with Crippen molar-refractivity contribution in [2.45, 2.75) is 38.0 Å². The maximum atomic E-state index is 13.5. The molecule has 1 aliphatic carbocycles. The first-order valence-corrected chi connectivity index (χ1v) is 11.5. The third-order valence-corrected chi connectivity index (χ3v) is 6.33. The highest BCUT2D eigenvalue weighted by molar-refractivity contribution is 9.10. The molecule has 0 unspecified atom stereocenters. The van der Waals surface area contributed by atoms with Gasteiger partial charge in [-0.25, -0.2) is 9.37 Å². The number of furan rings is 1. The molecular weight excluding hydrogens is 473 g/mol. The van der Waals surface area contributed by atoms with Crippen LogP contribution in [0.25, 0.3) is 22.2 Å². The van der Waals surface area contributed by atoms with Crippen LogP contribution in [0.2, 0.25) is 0 Å². The van der Waals surface area contributed by atoms with Gasteiger partial charge in [-0.15, -0.1) is 0 Å². The second kappa shape index (κ2) is 8.82. The van der Waals surface area contributed by atoms with Gasteiger partial charge in [0.15, 0.2) is 0 Å². The van der Waals surface area contributed by atoms with E-state index in [0.29, 0.717) is 33.8 Å². The fourth-order valence-electron chi connectivity index (χ4n) is 4.24. The lowest BCUT2D eigenvalue weighted by Crippen LogP contribution is -2.25. The number of hydrogen-bond acceptors (Lipinski definition) is 4. The SMILES string of the molecule is O=c1c2cc(Br)ccc2nc(C2CCCCC2)n1N=Cc1ccc(-c2cccc(F)c2)o1. The Kier molecular flexibility index (Phi) is 5.74. The lowest BCUT2D eigenvalue weighted by Gasteiger charge is -2.22. The van der Waals surface area contributed by atoms with Crippen molar-refractivity contribution in [1.82, 2.24) is 9.66 Å². The van der Waals surface area contributed by atoms with Gasteiger partial charge in [-0.3, -0.25) is 4.79 Å². The zero-order valence-corrected chi connectivity index (χ0v) is 18.9. The van der Waals surface area contributed by atoms with Crippen LogP contribution < -0.4 is 5.56 Å². The molecule has 32 heavy (non-hydrogen) atoms. The third kappa shape index (κ3) is 4.17. The molecule has 2 heterocycles. The van der Waals surface area contributed by atoms with E-state index in [4.69, 9.17) is 9.40 Å². The molecule has 162 valence electrons. The summed E-state index contributed by atoms with van der Waals surface area (Å²) in [6.07, 6.45) is 6.96. The zero-order chi connectivity index (χ0) is 22.1. The third-order valence-electron chi connectivity index (χ3n) is 5.84. The van der Waals surface area contributed by atoms with E-state index < -0.39 is 0 Å². The van der Waals surface area contributed by atoms with Crippen LogP contribution in [0.4, 0.5) is 4.39 Å². The van der Waals surface area contributed by atoms with Crippen LogP contribution in [0.1, 0.15) is 49.6 Å². The minimum Gasteiger partial charge on any atom is -0.455 e. The molecule has 2 aromatic heterocycles. The average Bonchev–Trinajstić information content (AvgIpc) is 3.28. The first-order chi connectivity index (χ1) is 15.6. The standard InChI is InChI=1S/C25H21BrFN3O2/c26-18-9-11-22-21(14-18)25(31)30(24(29-22)16-5-2-1-3-6-16)28-15-20-10-12-23(32-20)17-7-4-8-19(27)13-17/h4,7-16H,1-3,5-6H2. The molecule has 0 amide bonds. The Morgan fingerprint density at radius 3 is 2.75 bits per heavy atom. The van der Waals surface area contributed by atoms with Gasteiger partial charge in [0.05, 0.1) is 17.1 Å². The Labute approximate surface area is 192 Å². The summed E-state index contributed by atoms with van der Waals surface area (Å²) >= 11 is 3.44. The molecule has 0 aliphatic heterocycles. The number of hydrogen-bond donors (Lipinski definition) is 0. The minimum atomic E-state index is -0.328. The van der Waals surface area contributed by atoms with E-state index in [1.807, 2.05) is 12.1 Å². The second-order valence-electron chi connectivity index (χ2n) is 8.04. The first-order valence-electron chi connectivity index (χ1n) is 10.7. The molecule has 4 aromatic rings. The van der Waals surface area contributed by atoms with Gasteiger partial charge in [0.25, 0.3) is 5.56 Å². The monoisotopic (exact) mass is 493 g/mol. The molecule has 0 saturated heterocycles. The summed E-state index contributed by atoms with van der Waals surface area (Å²) in [6.45, 7) is 0. The van der Waals surface area contributed by atoms with E-state index >= 15 is 0 Å².